The molecule has 0 radical (unpaired) electrons. The first-order chi connectivity index (χ1) is 13.1. The Morgan fingerprint density at radius 2 is 1.89 bits per heavy atom. The second-order valence-electron chi connectivity index (χ2n) is 6.12. The van der Waals surface area contributed by atoms with E-state index in [0.29, 0.717) is 16.1 Å². The Labute approximate surface area is 167 Å². The van der Waals surface area contributed by atoms with Crippen molar-refractivity contribution in [3.8, 4) is 5.69 Å². The van der Waals surface area contributed by atoms with E-state index in [0.717, 1.165) is 17.8 Å². The van der Waals surface area contributed by atoms with E-state index < -0.39 is 0 Å². The summed E-state index contributed by atoms with van der Waals surface area (Å²) in [5, 5.41) is 15.7. The van der Waals surface area contributed by atoms with Crippen LogP contribution in [0, 0.1) is 0 Å². The van der Waals surface area contributed by atoms with Gasteiger partial charge in [-0.05, 0) is 64.7 Å². The van der Waals surface area contributed by atoms with E-state index in [1.54, 1.807) is 16.8 Å². The maximum absolute atomic E-state index is 12.2. The minimum atomic E-state index is -0.109. The smallest absolute Gasteiger partial charge is 0.234 e. The molecule has 0 saturated carbocycles. The highest BCUT2D eigenvalue weighted by Crippen LogP contribution is 2.22. The Hall–Kier alpha value is -2.38. The molecule has 0 fully saturated rings. The molecule has 1 heterocycles. The van der Waals surface area contributed by atoms with Gasteiger partial charge in [0.1, 0.15) is 0 Å². The van der Waals surface area contributed by atoms with E-state index in [2.05, 4.69) is 46.8 Å². The van der Waals surface area contributed by atoms with E-state index in [1.807, 2.05) is 24.3 Å². The summed E-state index contributed by atoms with van der Waals surface area (Å²) < 4.78 is 1.58. The Bertz CT molecular complexity index is 895. The number of hydrogen-bond acceptors (Lipinski definition) is 5. The second-order valence-corrected chi connectivity index (χ2v) is 7.50. The van der Waals surface area contributed by atoms with Crippen LogP contribution in [0.1, 0.15) is 31.7 Å². The van der Waals surface area contributed by atoms with Crippen LogP contribution in [0.25, 0.3) is 5.69 Å². The number of carbonyl (C=O) groups is 1. The molecule has 8 heteroatoms. The Balaban J connectivity index is 1.58. The largest absolute Gasteiger partial charge is 0.325 e. The molecule has 6 nitrogen and oxygen atoms in total. The average Bonchev–Trinajstić information content (AvgIpc) is 3.15. The topological polar surface area (TPSA) is 72.7 Å². The van der Waals surface area contributed by atoms with Gasteiger partial charge in [-0.15, -0.1) is 5.10 Å². The van der Waals surface area contributed by atoms with Crippen molar-refractivity contribution < 1.29 is 4.79 Å². The summed E-state index contributed by atoms with van der Waals surface area (Å²) in [7, 11) is 0. The molecular formula is C19H20ClN5OS. The van der Waals surface area contributed by atoms with Crippen molar-refractivity contribution in [1.29, 1.82) is 0 Å². The van der Waals surface area contributed by atoms with Crippen LogP contribution in [0.2, 0.25) is 5.02 Å². The van der Waals surface area contributed by atoms with Crippen molar-refractivity contribution in [1.82, 2.24) is 20.2 Å². The fraction of sp³-hybridized carbons (Fsp3) is 0.263. The molecule has 140 valence electrons. The summed E-state index contributed by atoms with van der Waals surface area (Å²) in [5.41, 5.74) is 2.84. The average molecular weight is 402 g/mol. The summed E-state index contributed by atoms with van der Waals surface area (Å²) >= 11 is 7.18. The third-order valence-corrected chi connectivity index (χ3v) is 5.39. The summed E-state index contributed by atoms with van der Waals surface area (Å²) in [6, 6.07) is 15.1. The maximum Gasteiger partial charge on any atom is 0.234 e. The van der Waals surface area contributed by atoms with Crippen molar-refractivity contribution in [3.05, 3.63) is 59.1 Å². The summed E-state index contributed by atoms with van der Waals surface area (Å²) in [5.74, 6) is 0.611. The van der Waals surface area contributed by atoms with Crippen LogP contribution in [0.5, 0.6) is 0 Å². The molecule has 2 aromatic carbocycles. The van der Waals surface area contributed by atoms with Gasteiger partial charge in [0.25, 0.3) is 0 Å². The number of amides is 1. The first kappa shape index (κ1) is 19.4. The van der Waals surface area contributed by atoms with Gasteiger partial charge in [0.2, 0.25) is 11.1 Å². The number of benzene rings is 2. The molecule has 1 N–H and O–H groups in total. The van der Waals surface area contributed by atoms with Crippen LogP contribution in [0.15, 0.2) is 53.7 Å². The highest BCUT2D eigenvalue weighted by Gasteiger charge is 2.12. The number of aromatic nitrogens is 4. The molecule has 0 bridgehead atoms. The molecule has 0 aliphatic carbocycles. The minimum absolute atomic E-state index is 0.109. The predicted octanol–water partition coefficient (Wildman–Crippen LogP) is 4.56. The van der Waals surface area contributed by atoms with Gasteiger partial charge in [0.05, 0.1) is 11.4 Å². The van der Waals surface area contributed by atoms with Crippen LogP contribution >= 0.6 is 23.4 Å². The Kier molecular flexibility index (Phi) is 6.47. The van der Waals surface area contributed by atoms with Crippen LogP contribution in [-0.4, -0.2) is 31.9 Å². The van der Waals surface area contributed by atoms with Gasteiger partial charge in [-0.3, -0.25) is 4.79 Å². The standard InChI is InChI=1S/C19H20ClN5OS/c1-3-13(2)14-4-8-16(9-5-14)21-18(26)12-27-19-22-23-24-25(19)17-10-6-15(20)7-11-17/h4-11,13H,3,12H2,1-2H3,(H,21,26)/t13-/m1/s1. The first-order valence-corrected chi connectivity index (χ1v) is 10.00. The predicted molar refractivity (Wildman–Crippen MR) is 109 cm³/mol. The Morgan fingerprint density at radius 3 is 2.56 bits per heavy atom. The van der Waals surface area contributed by atoms with Crippen LogP contribution in [0.3, 0.4) is 0 Å². The van der Waals surface area contributed by atoms with Crippen LogP contribution in [-0.2, 0) is 4.79 Å². The minimum Gasteiger partial charge on any atom is -0.325 e. The molecule has 3 aromatic rings. The monoisotopic (exact) mass is 401 g/mol. The van der Waals surface area contributed by atoms with Crippen LogP contribution in [0.4, 0.5) is 5.69 Å². The van der Waals surface area contributed by atoms with Gasteiger partial charge >= 0.3 is 0 Å². The molecular weight excluding hydrogens is 382 g/mol. The highest BCUT2D eigenvalue weighted by atomic mass is 35.5. The van der Waals surface area contributed by atoms with E-state index in [1.165, 1.54) is 17.3 Å². The number of anilines is 1. The van der Waals surface area contributed by atoms with Crippen molar-refractivity contribution in [3.63, 3.8) is 0 Å². The highest BCUT2D eigenvalue weighted by molar-refractivity contribution is 7.99. The van der Waals surface area contributed by atoms with Crippen LogP contribution < -0.4 is 5.32 Å². The normalized spacial score (nSPS) is 12.0. The lowest BCUT2D eigenvalue weighted by molar-refractivity contribution is -0.113. The first-order valence-electron chi connectivity index (χ1n) is 8.63. The maximum atomic E-state index is 12.2. The lowest BCUT2D eigenvalue weighted by Crippen LogP contribution is -2.14. The number of hydrogen-bond donors (Lipinski definition) is 1. The summed E-state index contributed by atoms with van der Waals surface area (Å²) in [6.07, 6.45) is 1.09. The molecule has 27 heavy (non-hydrogen) atoms. The van der Waals surface area contributed by atoms with Gasteiger partial charge in [-0.1, -0.05) is 49.3 Å². The molecule has 3 rings (SSSR count). The van der Waals surface area contributed by atoms with Gasteiger partial charge < -0.3 is 5.32 Å². The number of carbonyl (C=O) groups excluding carboxylic acids is 1. The molecule has 0 unspecified atom stereocenters. The molecule has 0 spiro atoms. The van der Waals surface area contributed by atoms with Crippen molar-refractivity contribution >= 4 is 35.0 Å². The lowest BCUT2D eigenvalue weighted by Gasteiger charge is -2.10. The zero-order valence-corrected chi connectivity index (χ0v) is 16.7. The fourth-order valence-corrected chi connectivity index (χ4v) is 3.29. The number of nitrogens with one attached hydrogen (secondary N) is 1. The summed E-state index contributed by atoms with van der Waals surface area (Å²) in [4.78, 5) is 12.2. The lowest BCUT2D eigenvalue weighted by atomic mass is 9.99. The molecule has 0 saturated heterocycles. The van der Waals surface area contributed by atoms with Gasteiger partial charge in [-0.2, -0.15) is 4.68 Å². The number of nitrogens with zero attached hydrogens (tertiary/aromatic N) is 4. The number of thioether (sulfide) groups is 1. The number of rotatable bonds is 7. The van der Waals surface area contributed by atoms with Crippen molar-refractivity contribution in [2.75, 3.05) is 11.1 Å². The molecule has 1 amide bonds. The van der Waals surface area contributed by atoms with Crippen molar-refractivity contribution in [2.45, 2.75) is 31.3 Å². The third kappa shape index (κ3) is 5.08. The quantitative estimate of drug-likeness (QED) is 0.587. The molecule has 0 aliphatic rings. The number of halogens is 1. The van der Waals surface area contributed by atoms with E-state index >= 15 is 0 Å². The number of tetrazole rings is 1. The van der Waals surface area contributed by atoms with Gasteiger partial charge in [-0.25, -0.2) is 0 Å². The van der Waals surface area contributed by atoms with Gasteiger partial charge in [0.15, 0.2) is 0 Å². The fourth-order valence-electron chi connectivity index (χ4n) is 2.47. The molecule has 0 aliphatic heterocycles. The van der Waals surface area contributed by atoms with E-state index in [4.69, 9.17) is 11.6 Å². The SMILES string of the molecule is CC[C@@H](C)c1ccc(NC(=O)CSc2nnnn2-c2ccc(Cl)cc2)cc1. The molecule has 1 atom stereocenters. The zero-order valence-electron chi connectivity index (χ0n) is 15.1. The van der Waals surface area contributed by atoms with Crippen molar-refractivity contribution in [2.24, 2.45) is 0 Å². The van der Waals surface area contributed by atoms with E-state index in [-0.39, 0.29) is 11.7 Å². The van der Waals surface area contributed by atoms with E-state index in [9.17, 15) is 4.79 Å². The second kappa shape index (κ2) is 9.01. The molecule has 1 aromatic heterocycles. The summed E-state index contributed by atoms with van der Waals surface area (Å²) in [6.45, 7) is 4.35. The van der Waals surface area contributed by atoms with Gasteiger partial charge in [0, 0.05) is 10.7 Å². The zero-order chi connectivity index (χ0) is 19.2. The third-order valence-electron chi connectivity index (χ3n) is 4.22. The Morgan fingerprint density at radius 1 is 1.19 bits per heavy atom.